The fraction of sp³-hybridized carbons (Fsp3) is 0.700. The maximum atomic E-state index is 8.90. The zero-order valence-electron chi connectivity index (χ0n) is 6.83. The molecule has 3 aliphatic carbocycles. The van der Waals surface area contributed by atoms with Crippen LogP contribution in [0.5, 0.6) is 0 Å². The Bertz CT molecular complexity index is 224. The third-order valence-corrected chi connectivity index (χ3v) is 3.29. The monoisotopic (exact) mass is 147 g/mol. The second-order valence-corrected chi connectivity index (χ2v) is 3.80. The highest BCUT2D eigenvalue weighted by atomic mass is 14.4. The van der Waals surface area contributed by atoms with E-state index in [9.17, 15) is 0 Å². The third kappa shape index (κ3) is 0.894. The lowest BCUT2D eigenvalue weighted by Crippen LogP contribution is -2.34. The topological polar surface area (TPSA) is 23.8 Å². The molecule has 4 unspecified atom stereocenters. The Morgan fingerprint density at radius 3 is 2.27 bits per heavy atom. The summed E-state index contributed by atoms with van der Waals surface area (Å²) in [6, 6.07) is 2.43. The lowest BCUT2D eigenvalue weighted by molar-refractivity contribution is 0.180. The second-order valence-electron chi connectivity index (χ2n) is 3.80. The highest BCUT2D eigenvalue weighted by Crippen LogP contribution is 2.43. The molecule has 1 fully saturated rings. The van der Waals surface area contributed by atoms with Crippen molar-refractivity contribution in [1.82, 2.24) is 0 Å². The lowest BCUT2D eigenvalue weighted by atomic mass is 9.63. The predicted molar refractivity (Wildman–Crippen MR) is 43.6 cm³/mol. The third-order valence-electron chi connectivity index (χ3n) is 3.29. The molecule has 0 aliphatic heterocycles. The van der Waals surface area contributed by atoms with Gasteiger partial charge in [0.1, 0.15) is 0 Å². The van der Waals surface area contributed by atoms with Crippen LogP contribution in [0.25, 0.3) is 0 Å². The summed E-state index contributed by atoms with van der Waals surface area (Å²) in [5, 5.41) is 8.90. The van der Waals surface area contributed by atoms with Gasteiger partial charge in [-0.25, -0.2) is 0 Å². The van der Waals surface area contributed by atoms with E-state index >= 15 is 0 Å². The van der Waals surface area contributed by atoms with Crippen LogP contribution in [0.1, 0.15) is 19.8 Å². The molecular weight excluding hydrogens is 134 g/mol. The minimum Gasteiger partial charge on any atom is -0.198 e. The van der Waals surface area contributed by atoms with Crippen molar-refractivity contribution < 1.29 is 0 Å². The van der Waals surface area contributed by atoms with Gasteiger partial charge in [-0.2, -0.15) is 5.26 Å². The van der Waals surface area contributed by atoms with Crippen LogP contribution >= 0.6 is 0 Å². The van der Waals surface area contributed by atoms with Gasteiger partial charge < -0.3 is 0 Å². The van der Waals surface area contributed by atoms with Gasteiger partial charge in [-0.1, -0.05) is 19.1 Å². The van der Waals surface area contributed by atoms with Gasteiger partial charge >= 0.3 is 0 Å². The summed E-state index contributed by atoms with van der Waals surface area (Å²) >= 11 is 0. The molecule has 0 aromatic carbocycles. The van der Waals surface area contributed by atoms with Crippen LogP contribution in [0.2, 0.25) is 0 Å². The van der Waals surface area contributed by atoms with Crippen molar-refractivity contribution in [2.75, 3.05) is 0 Å². The first-order valence-electron chi connectivity index (χ1n) is 4.41. The second kappa shape index (κ2) is 2.37. The molecule has 0 saturated heterocycles. The molecule has 0 aromatic rings. The average molecular weight is 147 g/mol. The number of rotatable bonds is 0. The first kappa shape index (κ1) is 6.91. The van der Waals surface area contributed by atoms with Crippen molar-refractivity contribution in [3.8, 4) is 6.07 Å². The molecule has 11 heavy (non-hydrogen) atoms. The Morgan fingerprint density at radius 1 is 1.27 bits per heavy atom. The Morgan fingerprint density at radius 2 is 1.91 bits per heavy atom. The number of hydrogen-bond donors (Lipinski definition) is 0. The summed E-state index contributed by atoms with van der Waals surface area (Å²) < 4.78 is 0. The van der Waals surface area contributed by atoms with E-state index in [4.69, 9.17) is 5.26 Å². The van der Waals surface area contributed by atoms with Gasteiger partial charge in [0.15, 0.2) is 0 Å². The Hall–Kier alpha value is -0.770. The lowest BCUT2D eigenvalue weighted by Gasteiger charge is -2.39. The Balaban J connectivity index is 2.28. The maximum absolute atomic E-state index is 8.90. The first-order chi connectivity index (χ1) is 5.33. The molecule has 1 saturated carbocycles. The summed E-state index contributed by atoms with van der Waals surface area (Å²) in [7, 11) is 0. The largest absolute Gasteiger partial charge is 0.198 e. The number of fused-ring (bicyclic) bond motifs is 2. The van der Waals surface area contributed by atoms with Gasteiger partial charge in [0.05, 0.1) is 12.0 Å². The summed E-state index contributed by atoms with van der Waals surface area (Å²) in [4.78, 5) is 0. The molecule has 0 amide bonds. The molecule has 3 aliphatic rings. The minimum absolute atomic E-state index is 0.304. The fourth-order valence-corrected chi connectivity index (χ4v) is 2.47. The van der Waals surface area contributed by atoms with Crippen molar-refractivity contribution in [3.63, 3.8) is 0 Å². The number of nitrogens with zero attached hydrogens (tertiary/aromatic N) is 1. The minimum atomic E-state index is 0.304. The van der Waals surface area contributed by atoms with Crippen molar-refractivity contribution in [3.05, 3.63) is 12.2 Å². The smallest absolute Gasteiger partial charge is 0.0665 e. The van der Waals surface area contributed by atoms with Crippen LogP contribution in [-0.4, -0.2) is 0 Å². The fourth-order valence-electron chi connectivity index (χ4n) is 2.47. The first-order valence-corrected chi connectivity index (χ1v) is 4.41. The quantitative estimate of drug-likeness (QED) is 0.482. The number of nitriles is 1. The molecule has 3 rings (SSSR count). The van der Waals surface area contributed by atoms with Crippen LogP contribution in [0, 0.1) is 35.0 Å². The van der Waals surface area contributed by atoms with E-state index in [1.807, 2.05) is 0 Å². The summed E-state index contributed by atoms with van der Waals surface area (Å²) in [6.45, 7) is 2.22. The molecule has 2 bridgehead atoms. The number of allylic oxidation sites excluding steroid dienone is 2. The van der Waals surface area contributed by atoms with E-state index < -0.39 is 0 Å². The van der Waals surface area contributed by atoms with Crippen molar-refractivity contribution in [2.45, 2.75) is 19.8 Å². The van der Waals surface area contributed by atoms with Gasteiger partial charge in [-0.15, -0.1) is 0 Å². The van der Waals surface area contributed by atoms with Crippen molar-refractivity contribution in [2.24, 2.45) is 23.7 Å². The summed E-state index contributed by atoms with van der Waals surface area (Å²) in [5.74, 6) is 2.17. The zero-order chi connectivity index (χ0) is 7.84. The maximum Gasteiger partial charge on any atom is 0.0665 e. The summed E-state index contributed by atoms with van der Waals surface area (Å²) in [6.07, 6.45) is 7.11. The zero-order valence-corrected chi connectivity index (χ0v) is 6.83. The van der Waals surface area contributed by atoms with Crippen LogP contribution in [0.15, 0.2) is 12.2 Å². The van der Waals surface area contributed by atoms with E-state index in [1.54, 1.807) is 0 Å². The van der Waals surface area contributed by atoms with Gasteiger partial charge in [-0.3, -0.25) is 0 Å². The average Bonchev–Trinajstić information content (AvgIpc) is 2.06. The van der Waals surface area contributed by atoms with E-state index in [0.29, 0.717) is 23.7 Å². The normalized spacial score (nSPS) is 47.3. The van der Waals surface area contributed by atoms with Gasteiger partial charge in [-0.05, 0) is 30.6 Å². The van der Waals surface area contributed by atoms with Gasteiger partial charge in [0.25, 0.3) is 0 Å². The highest BCUT2D eigenvalue weighted by Gasteiger charge is 2.37. The van der Waals surface area contributed by atoms with Gasteiger partial charge in [0.2, 0.25) is 0 Å². The summed E-state index contributed by atoms with van der Waals surface area (Å²) in [5.41, 5.74) is 0. The van der Waals surface area contributed by atoms with Crippen LogP contribution in [0.3, 0.4) is 0 Å². The molecule has 58 valence electrons. The molecule has 0 aromatic heterocycles. The molecule has 0 radical (unpaired) electrons. The molecule has 0 N–H and O–H groups in total. The molecular formula is C10H13N. The van der Waals surface area contributed by atoms with Crippen molar-refractivity contribution >= 4 is 0 Å². The van der Waals surface area contributed by atoms with Crippen LogP contribution in [0.4, 0.5) is 0 Å². The van der Waals surface area contributed by atoms with Crippen LogP contribution in [-0.2, 0) is 0 Å². The number of hydrogen-bond acceptors (Lipinski definition) is 1. The SMILES string of the molecule is CC1C2C=CC(CC2)C1C#N. The van der Waals surface area contributed by atoms with E-state index in [2.05, 4.69) is 25.1 Å². The Labute approximate surface area is 67.7 Å². The molecule has 0 heterocycles. The van der Waals surface area contributed by atoms with Crippen LogP contribution < -0.4 is 0 Å². The van der Waals surface area contributed by atoms with Crippen molar-refractivity contribution in [1.29, 1.82) is 5.26 Å². The predicted octanol–water partition coefficient (Wildman–Crippen LogP) is 2.36. The molecule has 1 heteroatoms. The van der Waals surface area contributed by atoms with Gasteiger partial charge in [0, 0.05) is 0 Å². The molecule has 1 nitrogen and oxygen atoms in total. The Kier molecular flexibility index (Phi) is 1.49. The molecule has 4 atom stereocenters. The standard InChI is InChI=1S/C10H13N/c1-7-8-2-4-9(5-3-8)10(7)6-11/h2,4,7-10H,3,5H2,1H3. The highest BCUT2D eigenvalue weighted by molar-refractivity contribution is 5.13. The van der Waals surface area contributed by atoms with E-state index in [0.717, 1.165) is 0 Å². The van der Waals surface area contributed by atoms with E-state index in [-0.39, 0.29) is 0 Å². The molecule has 0 spiro atoms. The van der Waals surface area contributed by atoms with E-state index in [1.165, 1.54) is 12.8 Å².